The van der Waals surface area contributed by atoms with Crippen molar-refractivity contribution in [2.75, 3.05) is 13.2 Å². The maximum Gasteiger partial charge on any atom is 0.261 e. The zero-order chi connectivity index (χ0) is 20.7. The molecule has 150 valence electrons. The Morgan fingerprint density at radius 3 is 2.54 bits per heavy atom. The van der Waals surface area contributed by atoms with Crippen LogP contribution in [-0.4, -0.2) is 35.9 Å². The maximum atomic E-state index is 12.9. The standard InChI is InChI=1S/C20H21BrCl2N2O3/c1-3-24-20(27)13(2)25(11-14-6-4-5-7-16(14)22)19(26)12-28-18-9-8-15(21)10-17(18)23/h4-10,13H,3,11-12H2,1-2H3,(H,24,27)/t13-/m1/s1. The lowest BCUT2D eigenvalue weighted by molar-refractivity contribution is -0.142. The molecule has 0 aromatic heterocycles. The lowest BCUT2D eigenvalue weighted by Crippen LogP contribution is -2.49. The van der Waals surface area contributed by atoms with E-state index in [0.29, 0.717) is 22.3 Å². The normalized spacial score (nSPS) is 11.6. The number of amides is 2. The van der Waals surface area contributed by atoms with Crippen LogP contribution in [-0.2, 0) is 16.1 Å². The first kappa shape index (κ1) is 22.5. The first-order valence-corrected chi connectivity index (χ1v) is 10.3. The van der Waals surface area contributed by atoms with Gasteiger partial charge in [-0.3, -0.25) is 9.59 Å². The van der Waals surface area contributed by atoms with Crippen molar-refractivity contribution in [1.29, 1.82) is 0 Å². The Labute approximate surface area is 183 Å². The molecule has 2 amide bonds. The Hall–Kier alpha value is -1.76. The first-order valence-electron chi connectivity index (χ1n) is 8.72. The highest BCUT2D eigenvalue weighted by Gasteiger charge is 2.26. The molecule has 1 N–H and O–H groups in total. The number of rotatable bonds is 8. The predicted molar refractivity (Wildman–Crippen MR) is 115 cm³/mol. The van der Waals surface area contributed by atoms with Crippen LogP contribution in [0.2, 0.25) is 10.0 Å². The molecule has 28 heavy (non-hydrogen) atoms. The molecular formula is C20H21BrCl2N2O3. The molecule has 0 aliphatic carbocycles. The van der Waals surface area contributed by atoms with Crippen molar-refractivity contribution >= 4 is 50.9 Å². The van der Waals surface area contributed by atoms with Crippen molar-refractivity contribution in [1.82, 2.24) is 10.2 Å². The van der Waals surface area contributed by atoms with Gasteiger partial charge in [-0.05, 0) is 43.7 Å². The monoisotopic (exact) mass is 486 g/mol. The van der Waals surface area contributed by atoms with Gasteiger partial charge in [-0.25, -0.2) is 0 Å². The second kappa shape index (κ2) is 10.7. The highest BCUT2D eigenvalue weighted by molar-refractivity contribution is 9.10. The second-order valence-electron chi connectivity index (χ2n) is 6.05. The Bertz CT molecular complexity index is 848. The summed E-state index contributed by atoms with van der Waals surface area (Å²) in [6.07, 6.45) is 0. The van der Waals surface area contributed by atoms with Gasteiger partial charge in [0, 0.05) is 22.6 Å². The van der Waals surface area contributed by atoms with Gasteiger partial charge in [0.1, 0.15) is 11.8 Å². The number of hydrogen-bond donors (Lipinski definition) is 1. The van der Waals surface area contributed by atoms with Crippen LogP contribution in [0, 0.1) is 0 Å². The minimum Gasteiger partial charge on any atom is -0.482 e. The van der Waals surface area contributed by atoms with E-state index in [2.05, 4.69) is 21.2 Å². The molecule has 0 unspecified atom stereocenters. The molecule has 0 bridgehead atoms. The van der Waals surface area contributed by atoms with Crippen LogP contribution >= 0.6 is 39.1 Å². The van der Waals surface area contributed by atoms with Gasteiger partial charge in [0.25, 0.3) is 5.91 Å². The van der Waals surface area contributed by atoms with Gasteiger partial charge in [-0.15, -0.1) is 0 Å². The van der Waals surface area contributed by atoms with Gasteiger partial charge in [-0.2, -0.15) is 0 Å². The fourth-order valence-electron chi connectivity index (χ4n) is 2.53. The van der Waals surface area contributed by atoms with Gasteiger partial charge in [0.2, 0.25) is 5.91 Å². The number of benzene rings is 2. The first-order chi connectivity index (χ1) is 13.3. The summed E-state index contributed by atoms with van der Waals surface area (Å²) in [7, 11) is 0. The molecule has 0 saturated heterocycles. The number of carbonyl (C=O) groups excluding carboxylic acids is 2. The van der Waals surface area contributed by atoms with Crippen LogP contribution in [0.1, 0.15) is 19.4 Å². The fourth-order valence-corrected chi connectivity index (χ4v) is 3.45. The van der Waals surface area contributed by atoms with E-state index in [1.807, 2.05) is 25.1 Å². The maximum absolute atomic E-state index is 12.9. The van der Waals surface area contributed by atoms with Gasteiger partial charge in [0.05, 0.1) is 5.02 Å². The lowest BCUT2D eigenvalue weighted by atomic mass is 10.1. The molecule has 1 atom stereocenters. The Morgan fingerprint density at radius 2 is 1.89 bits per heavy atom. The molecule has 0 spiro atoms. The van der Waals surface area contributed by atoms with Crippen LogP contribution in [0.15, 0.2) is 46.9 Å². The second-order valence-corrected chi connectivity index (χ2v) is 7.78. The molecular weight excluding hydrogens is 467 g/mol. The highest BCUT2D eigenvalue weighted by Crippen LogP contribution is 2.28. The number of likely N-dealkylation sites (N-methyl/N-ethyl adjacent to an activating group) is 1. The Kier molecular flexibility index (Phi) is 8.60. The van der Waals surface area contributed by atoms with E-state index < -0.39 is 6.04 Å². The number of nitrogens with zero attached hydrogens (tertiary/aromatic N) is 1. The minimum absolute atomic E-state index is 0.189. The van der Waals surface area contributed by atoms with Crippen molar-refractivity contribution < 1.29 is 14.3 Å². The van der Waals surface area contributed by atoms with Crippen LogP contribution in [0.5, 0.6) is 5.75 Å². The van der Waals surface area contributed by atoms with Crippen LogP contribution in [0.3, 0.4) is 0 Å². The number of nitrogens with one attached hydrogen (secondary N) is 1. The van der Waals surface area contributed by atoms with E-state index in [9.17, 15) is 9.59 Å². The van der Waals surface area contributed by atoms with E-state index in [-0.39, 0.29) is 25.0 Å². The summed E-state index contributed by atoms with van der Waals surface area (Å²) >= 11 is 15.7. The molecule has 5 nitrogen and oxygen atoms in total. The van der Waals surface area contributed by atoms with Crippen molar-refractivity contribution in [3.8, 4) is 5.75 Å². The van der Waals surface area contributed by atoms with Crippen molar-refractivity contribution in [3.63, 3.8) is 0 Å². The largest absolute Gasteiger partial charge is 0.482 e. The summed E-state index contributed by atoms with van der Waals surface area (Å²) < 4.78 is 6.39. The molecule has 2 aromatic carbocycles. The highest BCUT2D eigenvalue weighted by atomic mass is 79.9. The minimum atomic E-state index is -0.687. The zero-order valence-corrected chi connectivity index (χ0v) is 18.6. The molecule has 0 saturated carbocycles. The van der Waals surface area contributed by atoms with Crippen molar-refractivity contribution in [3.05, 3.63) is 62.5 Å². The molecule has 0 heterocycles. The topological polar surface area (TPSA) is 58.6 Å². The van der Waals surface area contributed by atoms with Crippen LogP contribution < -0.4 is 10.1 Å². The number of carbonyl (C=O) groups is 2. The summed E-state index contributed by atoms with van der Waals surface area (Å²) in [5, 5.41) is 3.65. The SMILES string of the molecule is CCNC(=O)[C@@H](C)N(Cc1ccccc1Cl)C(=O)COc1ccc(Br)cc1Cl. The molecule has 0 aliphatic rings. The van der Waals surface area contributed by atoms with Crippen molar-refractivity contribution in [2.45, 2.75) is 26.4 Å². The molecule has 0 radical (unpaired) electrons. The van der Waals surface area contributed by atoms with Gasteiger partial charge in [-0.1, -0.05) is 57.3 Å². The third-order valence-corrected chi connectivity index (χ3v) is 5.22. The molecule has 0 aliphatic heterocycles. The van der Waals surface area contributed by atoms with Crippen molar-refractivity contribution in [2.24, 2.45) is 0 Å². The van der Waals surface area contributed by atoms with Gasteiger partial charge >= 0.3 is 0 Å². The Morgan fingerprint density at radius 1 is 1.18 bits per heavy atom. The summed E-state index contributed by atoms with van der Waals surface area (Å²) in [6, 6.07) is 11.6. The molecule has 0 fully saturated rings. The third-order valence-electron chi connectivity index (χ3n) is 4.06. The average molecular weight is 488 g/mol. The van der Waals surface area contributed by atoms with E-state index in [4.69, 9.17) is 27.9 Å². The van der Waals surface area contributed by atoms with E-state index in [1.54, 1.807) is 31.2 Å². The summed E-state index contributed by atoms with van der Waals surface area (Å²) in [5.41, 5.74) is 0.746. The Balaban J connectivity index is 2.18. The third kappa shape index (κ3) is 6.12. The van der Waals surface area contributed by atoms with E-state index >= 15 is 0 Å². The summed E-state index contributed by atoms with van der Waals surface area (Å²) in [4.78, 5) is 26.7. The summed E-state index contributed by atoms with van der Waals surface area (Å²) in [5.74, 6) is -0.205. The molecule has 8 heteroatoms. The van der Waals surface area contributed by atoms with Gasteiger partial charge < -0.3 is 15.0 Å². The number of halogens is 3. The average Bonchev–Trinajstić information content (AvgIpc) is 2.66. The lowest BCUT2D eigenvalue weighted by Gasteiger charge is -2.29. The smallest absolute Gasteiger partial charge is 0.261 e. The van der Waals surface area contributed by atoms with Crippen LogP contribution in [0.4, 0.5) is 0 Å². The van der Waals surface area contributed by atoms with Crippen LogP contribution in [0.25, 0.3) is 0 Å². The number of ether oxygens (including phenoxy) is 1. The number of hydrogen-bond acceptors (Lipinski definition) is 3. The fraction of sp³-hybridized carbons (Fsp3) is 0.300. The molecule has 2 rings (SSSR count). The molecule has 2 aromatic rings. The summed E-state index contributed by atoms with van der Waals surface area (Å²) in [6.45, 7) is 3.90. The zero-order valence-electron chi connectivity index (χ0n) is 15.5. The predicted octanol–water partition coefficient (Wildman–Crippen LogP) is 4.69. The van der Waals surface area contributed by atoms with E-state index in [1.165, 1.54) is 4.90 Å². The quantitative estimate of drug-likeness (QED) is 0.587. The van der Waals surface area contributed by atoms with E-state index in [0.717, 1.165) is 10.0 Å². The van der Waals surface area contributed by atoms with Gasteiger partial charge in [0.15, 0.2) is 6.61 Å².